The molecule has 0 saturated heterocycles. The number of hydrogen-bond donors (Lipinski definition) is 1. The molecule has 2 nitrogen and oxygen atoms in total. The highest BCUT2D eigenvalue weighted by Crippen LogP contribution is 1.95. The lowest BCUT2D eigenvalue weighted by atomic mass is 10.2. The van der Waals surface area contributed by atoms with Crippen molar-refractivity contribution < 1.29 is 5.21 Å². The van der Waals surface area contributed by atoms with E-state index < -0.39 is 0 Å². The van der Waals surface area contributed by atoms with E-state index in [1.165, 1.54) is 6.21 Å². The van der Waals surface area contributed by atoms with Gasteiger partial charge >= 0.3 is 0 Å². The van der Waals surface area contributed by atoms with E-state index in [0.29, 0.717) is 0 Å². The van der Waals surface area contributed by atoms with Gasteiger partial charge in [-0.25, -0.2) is 0 Å². The monoisotopic (exact) mass is 163 g/mol. The average molecular weight is 163 g/mol. The number of hydrogen-bond acceptors (Lipinski definition) is 2. The lowest BCUT2D eigenvalue weighted by Gasteiger charge is -1.86. The zero-order valence-corrected chi connectivity index (χ0v) is 7.20. The smallest absolute Gasteiger partial charge is 0.0690 e. The summed E-state index contributed by atoms with van der Waals surface area (Å²) in [5.74, 6) is 0. The minimum atomic E-state index is 0.847. The van der Waals surface area contributed by atoms with E-state index in [-0.39, 0.29) is 0 Å². The Balaban J connectivity index is 4.11. The summed E-state index contributed by atoms with van der Waals surface area (Å²) in [6, 6.07) is 0. The molecule has 0 atom stereocenters. The highest BCUT2D eigenvalue weighted by Gasteiger charge is 1.78. The van der Waals surface area contributed by atoms with Crippen LogP contribution in [0.5, 0.6) is 0 Å². The Bertz CT molecular complexity index is 247. The molecule has 0 radical (unpaired) electrons. The van der Waals surface area contributed by atoms with Crippen molar-refractivity contribution in [2.24, 2.45) is 5.16 Å². The van der Waals surface area contributed by atoms with E-state index in [0.717, 1.165) is 11.1 Å². The summed E-state index contributed by atoms with van der Waals surface area (Å²) in [5, 5.41) is 11.0. The molecule has 0 unspecified atom stereocenters. The quantitative estimate of drug-likeness (QED) is 0.294. The fourth-order valence-electron chi connectivity index (χ4n) is 0.526. The minimum absolute atomic E-state index is 0.847. The molecule has 2 heteroatoms. The lowest BCUT2D eigenvalue weighted by molar-refractivity contribution is 0.321. The number of allylic oxidation sites excluding steroid dienone is 6. The molecular weight excluding hydrogens is 150 g/mol. The topological polar surface area (TPSA) is 32.6 Å². The van der Waals surface area contributed by atoms with Gasteiger partial charge in [-0.15, -0.1) is 0 Å². The average Bonchev–Trinajstić information content (AvgIpc) is 2.04. The molecule has 0 aromatic carbocycles. The molecule has 0 spiro atoms. The van der Waals surface area contributed by atoms with E-state index >= 15 is 0 Å². The second kappa shape index (κ2) is 6.16. The number of rotatable bonds is 4. The van der Waals surface area contributed by atoms with Crippen LogP contribution >= 0.6 is 0 Å². The van der Waals surface area contributed by atoms with Gasteiger partial charge in [0.1, 0.15) is 0 Å². The van der Waals surface area contributed by atoms with Gasteiger partial charge < -0.3 is 5.21 Å². The Morgan fingerprint density at radius 2 is 2.17 bits per heavy atom. The van der Waals surface area contributed by atoms with Crippen molar-refractivity contribution in [2.75, 3.05) is 0 Å². The van der Waals surface area contributed by atoms with Gasteiger partial charge in [0.2, 0.25) is 0 Å². The summed E-state index contributed by atoms with van der Waals surface area (Å²) < 4.78 is 0. The Kier molecular flexibility index (Phi) is 5.35. The molecule has 0 bridgehead atoms. The van der Waals surface area contributed by atoms with Gasteiger partial charge in [-0.2, -0.15) is 0 Å². The molecule has 0 saturated carbocycles. The van der Waals surface area contributed by atoms with Gasteiger partial charge in [0.25, 0.3) is 0 Å². The van der Waals surface area contributed by atoms with Gasteiger partial charge in [0, 0.05) is 0 Å². The second-order valence-corrected chi connectivity index (χ2v) is 2.29. The van der Waals surface area contributed by atoms with Crippen LogP contribution < -0.4 is 0 Å². The predicted octanol–water partition coefficient (Wildman–Crippen LogP) is 2.69. The van der Waals surface area contributed by atoms with Gasteiger partial charge in [0.05, 0.1) is 6.21 Å². The SMILES string of the molecule is C=CC(=C)C=C/C=C(/C)C=NO. The Labute approximate surface area is 72.9 Å². The zero-order valence-electron chi connectivity index (χ0n) is 7.20. The molecule has 0 heterocycles. The van der Waals surface area contributed by atoms with Crippen molar-refractivity contribution in [3.8, 4) is 0 Å². The molecule has 0 amide bonds. The normalized spacial score (nSPS) is 12.6. The fourth-order valence-corrected chi connectivity index (χ4v) is 0.526. The van der Waals surface area contributed by atoms with E-state index in [9.17, 15) is 0 Å². The summed E-state index contributed by atoms with van der Waals surface area (Å²) in [5.41, 5.74) is 1.71. The van der Waals surface area contributed by atoms with Crippen LogP contribution in [0.25, 0.3) is 0 Å². The first-order valence-electron chi connectivity index (χ1n) is 3.54. The molecule has 0 aromatic rings. The summed E-state index contributed by atoms with van der Waals surface area (Å²) in [4.78, 5) is 0. The minimum Gasteiger partial charge on any atom is -0.411 e. The van der Waals surface area contributed by atoms with Gasteiger partial charge in [-0.05, 0) is 18.1 Å². The van der Waals surface area contributed by atoms with Gasteiger partial charge in [0.15, 0.2) is 0 Å². The second-order valence-electron chi connectivity index (χ2n) is 2.29. The summed E-state index contributed by atoms with van der Waals surface area (Å²) >= 11 is 0. The van der Waals surface area contributed by atoms with Crippen molar-refractivity contribution >= 4 is 6.21 Å². The van der Waals surface area contributed by atoms with Crippen LogP contribution in [0.15, 0.2) is 53.8 Å². The molecule has 0 aliphatic heterocycles. The summed E-state index contributed by atoms with van der Waals surface area (Å²) in [7, 11) is 0. The third kappa shape index (κ3) is 5.23. The maximum atomic E-state index is 8.16. The van der Waals surface area contributed by atoms with Crippen LogP contribution in [0.1, 0.15) is 6.92 Å². The molecular formula is C10H13NO. The first kappa shape index (κ1) is 10.4. The van der Waals surface area contributed by atoms with Crippen LogP contribution in [-0.2, 0) is 0 Å². The molecule has 64 valence electrons. The molecule has 0 aliphatic rings. The molecule has 0 rings (SSSR count). The van der Waals surface area contributed by atoms with Crippen molar-refractivity contribution in [1.82, 2.24) is 0 Å². The van der Waals surface area contributed by atoms with Gasteiger partial charge in [-0.1, -0.05) is 42.6 Å². The molecule has 0 aromatic heterocycles. The Morgan fingerprint density at radius 1 is 1.50 bits per heavy atom. The van der Waals surface area contributed by atoms with E-state index in [4.69, 9.17) is 5.21 Å². The summed E-state index contributed by atoms with van der Waals surface area (Å²) in [6.45, 7) is 9.09. The molecule has 1 N–H and O–H groups in total. The van der Waals surface area contributed by atoms with Crippen LogP contribution in [0.4, 0.5) is 0 Å². The zero-order chi connectivity index (χ0) is 9.40. The van der Waals surface area contributed by atoms with Crippen LogP contribution in [0.2, 0.25) is 0 Å². The van der Waals surface area contributed by atoms with Gasteiger partial charge in [-0.3, -0.25) is 0 Å². The van der Waals surface area contributed by atoms with Crippen LogP contribution in [0, 0.1) is 0 Å². The fraction of sp³-hybridized carbons (Fsp3) is 0.100. The lowest BCUT2D eigenvalue weighted by Crippen LogP contribution is -1.74. The first-order chi connectivity index (χ1) is 5.70. The van der Waals surface area contributed by atoms with E-state index in [1.807, 2.05) is 25.2 Å². The highest BCUT2D eigenvalue weighted by molar-refractivity contribution is 5.77. The largest absolute Gasteiger partial charge is 0.411 e. The third-order valence-corrected chi connectivity index (χ3v) is 1.19. The predicted molar refractivity (Wildman–Crippen MR) is 52.5 cm³/mol. The molecule has 0 fully saturated rings. The number of oxime groups is 1. The Hall–Kier alpha value is -1.57. The van der Waals surface area contributed by atoms with Crippen molar-refractivity contribution in [3.63, 3.8) is 0 Å². The van der Waals surface area contributed by atoms with Crippen molar-refractivity contribution in [2.45, 2.75) is 6.92 Å². The molecule has 0 aliphatic carbocycles. The first-order valence-corrected chi connectivity index (χ1v) is 3.54. The third-order valence-electron chi connectivity index (χ3n) is 1.19. The van der Waals surface area contributed by atoms with E-state index in [1.54, 1.807) is 6.08 Å². The Morgan fingerprint density at radius 3 is 2.67 bits per heavy atom. The van der Waals surface area contributed by atoms with Crippen LogP contribution in [-0.4, -0.2) is 11.4 Å². The maximum Gasteiger partial charge on any atom is 0.0690 e. The van der Waals surface area contributed by atoms with E-state index in [2.05, 4.69) is 18.3 Å². The van der Waals surface area contributed by atoms with Crippen LogP contribution in [0.3, 0.4) is 0 Å². The highest BCUT2D eigenvalue weighted by atomic mass is 16.4. The standard InChI is InChI=1S/C10H13NO/c1-4-9(2)6-5-7-10(3)8-11-12/h4-8,12H,1-2H2,3H3/b6-5?,10-7-,11-8?. The maximum absolute atomic E-state index is 8.16. The number of nitrogens with zero attached hydrogens (tertiary/aromatic N) is 1. The molecule has 12 heavy (non-hydrogen) atoms. The van der Waals surface area contributed by atoms with Crippen molar-refractivity contribution in [3.05, 3.63) is 48.6 Å². The summed E-state index contributed by atoms with van der Waals surface area (Å²) in [6.07, 6.45) is 8.48. The van der Waals surface area contributed by atoms with Crippen molar-refractivity contribution in [1.29, 1.82) is 0 Å².